The van der Waals surface area contributed by atoms with Gasteiger partial charge in [0, 0.05) is 75.8 Å². The molecule has 0 N–H and O–H groups in total. The topological polar surface area (TPSA) is 55.7 Å². The molecular weight excluding hydrogens is 330 g/mol. The lowest BCUT2D eigenvalue weighted by Gasteiger charge is -2.23. The van der Waals surface area contributed by atoms with Gasteiger partial charge in [0.1, 0.15) is 0 Å². The van der Waals surface area contributed by atoms with Crippen LogP contribution in [0.25, 0.3) is 0 Å². The maximum absolute atomic E-state index is 6.17. The Hall–Kier alpha value is -1.96. The van der Waals surface area contributed by atoms with E-state index in [4.69, 9.17) is 9.47 Å². The number of nitrogens with zero attached hydrogens (tertiary/aromatic N) is 5. The minimum Gasteiger partial charge on any atom is -0.481 e. The Morgan fingerprint density at radius 1 is 1.23 bits per heavy atom. The van der Waals surface area contributed by atoms with Crippen molar-refractivity contribution in [3.63, 3.8) is 0 Å². The predicted molar refractivity (Wildman–Crippen MR) is 97.8 cm³/mol. The highest BCUT2D eigenvalue weighted by molar-refractivity contribution is 5.25. The van der Waals surface area contributed by atoms with E-state index in [1.807, 2.05) is 24.0 Å². The molecular formula is C19H27N5O2. The van der Waals surface area contributed by atoms with Gasteiger partial charge in [0.25, 0.3) is 0 Å². The smallest absolute Gasteiger partial charge is 0.217 e. The van der Waals surface area contributed by atoms with Crippen molar-refractivity contribution in [1.29, 1.82) is 0 Å². The predicted octanol–water partition coefficient (Wildman–Crippen LogP) is 1.16. The maximum Gasteiger partial charge on any atom is 0.217 e. The highest BCUT2D eigenvalue weighted by Crippen LogP contribution is 2.27. The summed E-state index contributed by atoms with van der Waals surface area (Å²) in [4.78, 5) is 9.27. The van der Waals surface area contributed by atoms with E-state index in [0.29, 0.717) is 12.0 Å². The van der Waals surface area contributed by atoms with Crippen molar-refractivity contribution < 1.29 is 9.47 Å². The van der Waals surface area contributed by atoms with E-state index >= 15 is 0 Å². The molecule has 0 aliphatic carbocycles. The van der Waals surface area contributed by atoms with Gasteiger partial charge in [-0.2, -0.15) is 5.10 Å². The van der Waals surface area contributed by atoms with Crippen molar-refractivity contribution >= 4 is 0 Å². The van der Waals surface area contributed by atoms with Crippen LogP contribution in [0.15, 0.2) is 30.7 Å². The summed E-state index contributed by atoms with van der Waals surface area (Å²) in [5, 5.41) is 4.28. The van der Waals surface area contributed by atoms with E-state index in [1.165, 1.54) is 5.56 Å². The first-order valence-corrected chi connectivity index (χ1v) is 9.23. The van der Waals surface area contributed by atoms with Crippen LogP contribution < -0.4 is 4.74 Å². The number of aromatic nitrogens is 3. The van der Waals surface area contributed by atoms with E-state index in [-0.39, 0.29) is 0 Å². The van der Waals surface area contributed by atoms with Gasteiger partial charge in [-0.1, -0.05) is 6.07 Å². The van der Waals surface area contributed by atoms with Crippen LogP contribution in [-0.2, 0) is 24.9 Å². The second-order valence-corrected chi connectivity index (χ2v) is 7.29. The highest BCUT2D eigenvalue weighted by Gasteiger charge is 2.36. The molecule has 4 heterocycles. The van der Waals surface area contributed by atoms with E-state index in [2.05, 4.69) is 32.1 Å². The molecule has 140 valence electrons. The zero-order valence-electron chi connectivity index (χ0n) is 15.5. The summed E-state index contributed by atoms with van der Waals surface area (Å²) in [5.41, 5.74) is 2.40. The van der Waals surface area contributed by atoms with Crippen LogP contribution in [0.4, 0.5) is 0 Å². The van der Waals surface area contributed by atoms with Gasteiger partial charge in [-0.15, -0.1) is 0 Å². The Kier molecular flexibility index (Phi) is 5.19. The number of hydrogen-bond donors (Lipinski definition) is 0. The standard InChI is InChI=1S/C19H27N5O2/c1-22-9-15(8-21-22)10-23-6-7-26-18-14-24(13-17(18)12-23)11-16-4-3-5-20-19(16)25-2/h3-5,8-9,17-18H,6-7,10-14H2,1-2H3/t17-,18+/m0/s1. The number of hydrogen-bond acceptors (Lipinski definition) is 6. The minimum atomic E-state index is 0.316. The molecule has 2 fully saturated rings. The zero-order valence-corrected chi connectivity index (χ0v) is 15.5. The maximum atomic E-state index is 6.17. The third-order valence-electron chi connectivity index (χ3n) is 5.29. The monoisotopic (exact) mass is 357 g/mol. The van der Waals surface area contributed by atoms with Crippen molar-refractivity contribution in [2.24, 2.45) is 13.0 Å². The fraction of sp³-hybridized carbons (Fsp3) is 0.579. The molecule has 2 aromatic heterocycles. The van der Waals surface area contributed by atoms with Gasteiger partial charge < -0.3 is 9.47 Å². The Morgan fingerprint density at radius 3 is 2.92 bits per heavy atom. The molecule has 0 saturated carbocycles. The van der Waals surface area contributed by atoms with Crippen molar-refractivity contribution in [2.45, 2.75) is 19.2 Å². The van der Waals surface area contributed by atoms with Gasteiger partial charge in [-0.3, -0.25) is 14.5 Å². The molecule has 0 bridgehead atoms. The van der Waals surface area contributed by atoms with Crippen molar-refractivity contribution in [3.8, 4) is 5.88 Å². The van der Waals surface area contributed by atoms with Gasteiger partial charge >= 0.3 is 0 Å². The van der Waals surface area contributed by atoms with Crippen LogP contribution in [0.3, 0.4) is 0 Å². The number of likely N-dealkylation sites (tertiary alicyclic amines) is 1. The average Bonchev–Trinajstić information content (AvgIpc) is 3.16. The number of fused-ring (bicyclic) bond motifs is 1. The zero-order chi connectivity index (χ0) is 17.9. The second kappa shape index (κ2) is 7.73. The molecule has 0 unspecified atom stereocenters. The first kappa shape index (κ1) is 17.5. The molecule has 2 aliphatic heterocycles. The molecule has 7 nitrogen and oxygen atoms in total. The molecule has 2 atom stereocenters. The third-order valence-corrected chi connectivity index (χ3v) is 5.29. The van der Waals surface area contributed by atoms with Gasteiger partial charge in [0.05, 0.1) is 26.0 Å². The summed E-state index contributed by atoms with van der Waals surface area (Å²) in [7, 11) is 3.64. The van der Waals surface area contributed by atoms with Crippen LogP contribution in [0.1, 0.15) is 11.1 Å². The molecule has 26 heavy (non-hydrogen) atoms. The van der Waals surface area contributed by atoms with Crippen molar-refractivity contribution in [2.75, 3.05) is 39.9 Å². The van der Waals surface area contributed by atoms with Gasteiger partial charge in [-0.25, -0.2) is 4.98 Å². The molecule has 0 radical (unpaired) electrons. The molecule has 0 spiro atoms. The summed E-state index contributed by atoms with van der Waals surface area (Å²) < 4.78 is 13.4. The lowest BCUT2D eigenvalue weighted by atomic mass is 10.1. The molecule has 2 saturated heterocycles. The minimum absolute atomic E-state index is 0.316. The summed E-state index contributed by atoms with van der Waals surface area (Å²) >= 11 is 0. The van der Waals surface area contributed by atoms with Crippen LogP contribution in [0.5, 0.6) is 5.88 Å². The van der Waals surface area contributed by atoms with Gasteiger partial charge in [0.2, 0.25) is 5.88 Å². The second-order valence-electron chi connectivity index (χ2n) is 7.29. The molecule has 4 rings (SSSR count). The first-order valence-electron chi connectivity index (χ1n) is 9.23. The first-order chi connectivity index (χ1) is 12.7. The fourth-order valence-corrected chi connectivity index (χ4v) is 4.10. The van der Waals surface area contributed by atoms with Crippen molar-refractivity contribution in [3.05, 3.63) is 41.9 Å². The summed E-state index contributed by atoms with van der Waals surface area (Å²) in [6.45, 7) is 6.67. The molecule has 2 aromatic rings. The van der Waals surface area contributed by atoms with E-state index < -0.39 is 0 Å². The summed E-state index contributed by atoms with van der Waals surface area (Å²) in [6, 6.07) is 4.06. The SMILES string of the molecule is COc1ncccc1CN1C[C@@H]2CN(Cc3cnn(C)c3)CCO[C@@H]2C1. The normalized spacial score (nSPS) is 24.4. The average molecular weight is 357 g/mol. The number of methoxy groups -OCH3 is 1. The van der Waals surface area contributed by atoms with Crippen LogP contribution in [0, 0.1) is 5.92 Å². The Balaban J connectivity index is 1.38. The number of ether oxygens (including phenoxy) is 2. The molecule has 7 heteroatoms. The Labute approximate surface area is 154 Å². The van der Waals surface area contributed by atoms with Gasteiger partial charge in [-0.05, 0) is 6.07 Å². The third kappa shape index (κ3) is 3.90. The number of rotatable bonds is 5. The summed E-state index contributed by atoms with van der Waals surface area (Å²) in [5.74, 6) is 1.26. The quantitative estimate of drug-likeness (QED) is 0.800. The fourth-order valence-electron chi connectivity index (χ4n) is 4.10. The molecule has 2 aliphatic rings. The summed E-state index contributed by atoms with van der Waals surface area (Å²) in [6.07, 6.45) is 6.14. The number of aryl methyl sites for hydroxylation is 1. The van der Waals surface area contributed by atoms with Gasteiger partial charge in [0.15, 0.2) is 0 Å². The van der Waals surface area contributed by atoms with Crippen LogP contribution in [0.2, 0.25) is 0 Å². The Morgan fingerprint density at radius 2 is 2.12 bits per heavy atom. The molecule has 0 amide bonds. The largest absolute Gasteiger partial charge is 0.481 e. The number of pyridine rings is 1. The lowest BCUT2D eigenvalue weighted by molar-refractivity contribution is 0.0510. The Bertz CT molecular complexity index is 734. The van der Waals surface area contributed by atoms with E-state index in [9.17, 15) is 0 Å². The highest BCUT2D eigenvalue weighted by atomic mass is 16.5. The van der Waals surface area contributed by atoms with E-state index in [1.54, 1.807) is 13.3 Å². The van der Waals surface area contributed by atoms with Crippen LogP contribution in [-0.4, -0.2) is 70.6 Å². The lowest BCUT2D eigenvalue weighted by Crippen LogP contribution is -2.32. The van der Waals surface area contributed by atoms with E-state index in [0.717, 1.165) is 57.3 Å². The van der Waals surface area contributed by atoms with Crippen LogP contribution >= 0.6 is 0 Å². The molecule has 0 aromatic carbocycles. The van der Waals surface area contributed by atoms with Crippen molar-refractivity contribution in [1.82, 2.24) is 24.6 Å².